The lowest BCUT2D eigenvalue weighted by Crippen LogP contribution is -2.12. The number of phenols is 1. The van der Waals surface area contributed by atoms with Crippen LogP contribution >= 0.6 is 23.2 Å². The van der Waals surface area contributed by atoms with Gasteiger partial charge in [0.15, 0.2) is 0 Å². The highest BCUT2D eigenvalue weighted by Gasteiger charge is 2.18. The number of amides is 1. The Morgan fingerprint density at radius 2 is 1.79 bits per heavy atom. The molecule has 0 aliphatic heterocycles. The molecule has 2 aromatic carbocycles. The zero-order valence-electron chi connectivity index (χ0n) is 14.9. The summed E-state index contributed by atoms with van der Waals surface area (Å²) in [5, 5.41) is 13.6. The maximum atomic E-state index is 13.2. The van der Waals surface area contributed by atoms with E-state index in [1.807, 2.05) is 4.57 Å². The number of aromatic hydroxyl groups is 1. The molecule has 4 aromatic rings. The fourth-order valence-electron chi connectivity index (χ4n) is 3.10. The van der Waals surface area contributed by atoms with Crippen molar-refractivity contribution in [3.63, 3.8) is 0 Å². The minimum absolute atomic E-state index is 0.0334. The van der Waals surface area contributed by atoms with Gasteiger partial charge in [-0.25, -0.2) is 4.39 Å². The van der Waals surface area contributed by atoms with Crippen LogP contribution in [0.4, 0.5) is 10.1 Å². The number of hydrogen-bond donors (Lipinski definition) is 2. The molecule has 2 aromatic heterocycles. The molecule has 4 rings (SSSR count). The number of benzene rings is 2. The van der Waals surface area contributed by atoms with Gasteiger partial charge in [0.25, 0.3) is 5.91 Å². The number of carbonyl (C=O) groups excluding carboxylic acids is 1. The summed E-state index contributed by atoms with van der Waals surface area (Å²) in [5.74, 6) is -0.721. The number of pyridine rings is 1. The number of phenolic OH excluding ortho intramolecular Hbond substituents is 1. The molecule has 0 aliphatic carbocycles. The second-order valence-electron chi connectivity index (χ2n) is 6.43. The van der Waals surface area contributed by atoms with Crippen LogP contribution in [0.3, 0.4) is 0 Å². The maximum absolute atomic E-state index is 13.2. The van der Waals surface area contributed by atoms with E-state index in [1.54, 1.807) is 30.5 Å². The van der Waals surface area contributed by atoms with Crippen molar-refractivity contribution in [1.29, 1.82) is 0 Å². The van der Waals surface area contributed by atoms with E-state index in [0.717, 1.165) is 11.1 Å². The number of rotatable bonds is 4. The molecule has 0 bridgehead atoms. The Kier molecular flexibility index (Phi) is 5.13. The Hall–Kier alpha value is -3.09. The molecule has 0 radical (unpaired) electrons. The predicted molar refractivity (Wildman–Crippen MR) is 111 cm³/mol. The Morgan fingerprint density at radius 3 is 2.48 bits per heavy atom. The second-order valence-corrected chi connectivity index (χ2v) is 7.25. The number of halogens is 3. The molecule has 146 valence electrons. The number of fused-ring (bicyclic) bond motifs is 1. The molecule has 1 amide bonds. The third-order valence-electron chi connectivity index (χ3n) is 4.47. The largest absolute Gasteiger partial charge is 0.508 e. The highest BCUT2D eigenvalue weighted by Crippen LogP contribution is 2.31. The smallest absolute Gasteiger partial charge is 0.257 e. The van der Waals surface area contributed by atoms with Crippen molar-refractivity contribution in [3.8, 4) is 5.75 Å². The number of hydrogen-bond acceptors (Lipinski definition) is 3. The van der Waals surface area contributed by atoms with E-state index >= 15 is 0 Å². The lowest BCUT2D eigenvalue weighted by Gasteiger charge is -2.08. The van der Waals surface area contributed by atoms with Crippen LogP contribution in [0.5, 0.6) is 5.75 Å². The molecule has 8 heteroatoms. The first-order valence-electron chi connectivity index (χ1n) is 8.59. The summed E-state index contributed by atoms with van der Waals surface area (Å²) in [6, 6.07) is 10.9. The zero-order chi connectivity index (χ0) is 20.5. The Labute approximate surface area is 175 Å². The lowest BCUT2D eigenvalue weighted by molar-refractivity contribution is 0.102. The van der Waals surface area contributed by atoms with Gasteiger partial charge in [-0.15, -0.1) is 0 Å². The lowest BCUT2D eigenvalue weighted by atomic mass is 10.1. The summed E-state index contributed by atoms with van der Waals surface area (Å²) in [5.41, 5.74) is 2.20. The van der Waals surface area contributed by atoms with Gasteiger partial charge in [0.2, 0.25) is 0 Å². The van der Waals surface area contributed by atoms with Gasteiger partial charge in [0.1, 0.15) is 11.6 Å². The first kappa shape index (κ1) is 19.2. The average molecular weight is 430 g/mol. The van der Waals surface area contributed by atoms with Gasteiger partial charge in [0.05, 0.1) is 21.3 Å². The molecule has 0 saturated carbocycles. The van der Waals surface area contributed by atoms with E-state index in [4.69, 9.17) is 23.2 Å². The summed E-state index contributed by atoms with van der Waals surface area (Å²) < 4.78 is 15.0. The fraction of sp³-hybridized carbons (Fsp3) is 0.0476. The summed E-state index contributed by atoms with van der Waals surface area (Å²) in [6.07, 6.45) is 4.44. The zero-order valence-corrected chi connectivity index (χ0v) is 16.4. The van der Waals surface area contributed by atoms with Crippen molar-refractivity contribution in [2.24, 2.45) is 0 Å². The van der Waals surface area contributed by atoms with Crippen molar-refractivity contribution in [3.05, 3.63) is 88.0 Å². The van der Waals surface area contributed by atoms with Crippen molar-refractivity contribution in [2.75, 3.05) is 5.32 Å². The number of aromatic nitrogens is 2. The highest BCUT2D eigenvalue weighted by molar-refractivity contribution is 6.39. The average Bonchev–Trinajstić information content (AvgIpc) is 3.04. The van der Waals surface area contributed by atoms with Crippen LogP contribution in [0.1, 0.15) is 15.9 Å². The van der Waals surface area contributed by atoms with Gasteiger partial charge in [-0.1, -0.05) is 35.3 Å². The van der Waals surface area contributed by atoms with E-state index in [1.165, 1.54) is 30.6 Å². The minimum atomic E-state index is -0.437. The standard InChI is InChI=1S/C21H14Cl2FN3O2/c22-17-8-25-9-18(23)20(17)26-21(29)16-11-27(10-12-1-3-13(24)4-2-12)19-6-5-14(28)7-15(16)19/h1-9,11,28H,10H2,(H,25,26,29). The SMILES string of the molecule is O=C(Nc1c(Cl)cncc1Cl)c1cn(Cc2ccc(F)cc2)c2ccc(O)cc12. The van der Waals surface area contributed by atoms with Crippen LogP contribution in [0, 0.1) is 5.82 Å². The van der Waals surface area contributed by atoms with Crippen LogP contribution in [0.25, 0.3) is 10.9 Å². The van der Waals surface area contributed by atoms with Gasteiger partial charge >= 0.3 is 0 Å². The van der Waals surface area contributed by atoms with Gasteiger partial charge in [-0.3, -0.25) is 9.78 Å². The molecule has 2 heterocycles. The molecule has 2 N–H and O–H groups in total. The summed E-state index contributed by atoms with van der Waals surface area (Å²) in [4.78, 5) is 16.8. The second kappa shape index (κ2) is 7.73. The molecule has 0 unspecified atom stereocenters. The number of nitrogens with one attached hydrogen (secondary N) is 1. The number of carbonyl (C=O) groups is 1. The summed E-state index contributed by atoms with van der Waals surface area (Å²) in [6.45, 7) is 0.422. The van der Waals surface area contributed by atoms with Crippen LogP contribution in [-0.2, 0) is 6.54 Å². The molecule has 5 nitrogen and oxygen atoms in total. The fourth-order valence-corrected chi connectivity index (χ4v) is 3.55. The first-order chi connectivity index (χ1) is 13.9. The van der Waals surface area contributed by atoms with Gasteiger partial charge in [-0.05, 0) is 35.9 Å². The van der Waals surface area contributed by atoms with Crippen molar-refractivity contribution in [2.45, 2.75) is 6.54 Å². The van der Waals surface area contributed by atoms with E-state index in [2.05, 4.69) is 10.3 Å². The topological polar surface area (TPSA) is 67.2 Å². The molecule has 0 spiro atoms. The Bertz CT molecular complexity index is 1200. The van der Waals surface area contributed by atoms with E-state index < -0.39 is 5.91 Å². The molecule has 0 saturated heterocycles. The van der Waals surface area contributed by atoms with Crippen molar-refractivity contribution in [1.82, 2.24) is 9.55 Å². The van der Waals surface area contributed by atoms with Crippen LogP contribution in [-0.4, -0.2) is 20.6 Å². The molecule has 29 heavy (non-hydrogen) atoms. The van der Waals surface area contributed by atoms with E-state index in [0.29, 0.717) is 17.5 Å². The van der Waals surface area contributed by atoms with Crippen LogP contribution in [0.15, 0.2) is 61.1 Å². The van der Waals surface area contributed by atoms with Crippen LogP contribution < -0.4 is 5.32 Å². The number of anilines is 1. The maximum Gasteiger partial charge on any atom is 0.257 e. The number of nitrogens with zero attached hydrogens (tertiary/aromatic N) is 2. The minimum Gasteiger partial charge on any atom is -0.508 e. The quantitative estimate of drug-likeness (QED) is 0.450. The first-order valence-corrected chi connectivity index (χ1v) is 9.34. The monoisotopic (exact) mass is 429 g/mol. The third kappa shape index (κ3) is 3.90. The van der Waals surface area contributed by atoms with E-state index in [9.17, 15) is 14.3 Å². The molecule has 0 fully saturated rings. The Morgan fingerprint density at radius 1 is 1.10 bits per heavy atom. The van der Waals surface area contributed by atoms with Crippen molar-refractivity contribution < 1.29 is 14.3 Å². The molecule has 0 atom stereocenters. The third-order valence-corrected chi connectivity index (χ3v) is 5.04. The van der Waals surface area contributed by atoms with Gasteiger partial charge < -0.3 is 15.0 Å². The normalized spacial score (nSPS) is 11.0. The summed E-state index contributed by atoms with van der Waals surface area (Å²) >= 11 is 12.2. The van der Waals surface area contributed by atoms with Gasteiger partial charge in [0, 0.05) is 36.0 Å². The van der Waals surface area contributed by atoms with Crippen molar-refractivity contribution >= 4 is 45.7 Å². The van der Waals surface area contributed by atoms with Gasteiger partial charge in [-0.2, -0.15) is 0 Å². The Balaban J connectivity index is 1.75. The predicted octanol–water partition coefficient (Wildman–Crippen LogP) is 5.49. The van der Waals surface area contributed by atoms with Crippen LogP contribution in [0.2, 0.25) is 10.0 Å². The highest BCUT2D eigenvalue weighted by atomic mass is 35.5. The van der Waals surface area contributed by atoms with E-state index in [-0.39, 0.29) is 27.3 Å². The summed E-state index contributed by atoms with van der Waals surface area (Å²) in [7, 11) is 0. The molecular formula is C21H14Cl2FN3O2. The molecule has 0 aliphatic rings. The molecular weight excluding hydrogens is 416 g/mol.